The standard InChI is InChI=1S/C9H6BrF5/c10-7(4-9(13,14)15)6-3-5(11)1-2-8(6)12/h1-3,7H,4H2. The van der Waals surface area contributed by atoms with Crippen LogP contribution in [0.15, 0.2) is 18.2 Å². The van der Waals surface area contributed by atoms with Gasteiger partial charge in [0.05, 0.1) is 11.2 Å². The van der Waals surface area contributed by atoms with Crippen LogP contribution in [0.5, 0.6) is 0 Å². The largest absolute Gasteiger partial charge is 0.390 e. The van der Waals surface area contributed by atoms with Gasteiger partial charge in [0.1, 0.15) is 11.6 Å². The fourth-order valence-corrected chi connectivity index (χ4v) is 1.79. The summed E-state index contributed by atoms with van der Waals surface area (Å²) in [4.78, 5) is -1.27. The van der Waals surface area contributed by atoms with E-state index in [0.29, 0.717) is 0 Å². The van der Waals surface area contributed by atoms with Crippen molar-refractivity contribution in [2.75, 3.05) is 0 Å². The van der Waals surface area contributed by atoms with Crippen molar-refractivity contribution in [1.29, 1.82) is 0 Å². The van der Waals surface area contributed by atoms with Crippen molar-refractivity contribution in [3.63, 3.8) is 0 Å². The van der Waals surface area contributed by atoms with Gasteiger partial charge in [-0.1, -0.05) is 15.9 Å². The molecule has 0 fully saturated rings. The number of rotatable bonds is 2. The van der Waals surface area contributed by atoms with E-state index in [9.17, 15) is 22.0 Å². The van der Waals surface area contributed by atoms with Gasteiger partial charge in [0.15, 0.2) is 0 Å². The highest BCUT2D eigenvalue weighted by atomic mass is 79.9. The second-order valence-corrected chi connectivity index (χ2v) is 4.06. The van der Waals surface area contributed by atoms with E-state index in [1.54, 1.807) is 0 Å². The van der Waals surface area contributed by atoms with Gasteiger partial charge in [-0.3, -0.25) is 0 Å². The maximum Gasteiger partial charge on any atom is 0.390 e. The summed E-state index contributed by atoms with van der Waals surface area (Å²) in [5.74, 6) is -1.62. The van der Waals surface area contributed by atoms with Crippen molar-refractivity contribution in [2.45, 2.75) is 17.4 Å². The number of hydrogen-bond donors (Lipinski definition) is 0. The van der Waals surface area contributed by atoms with Crippen molar-refractivity contribution in [2.24, 2.45) is 0 Å². The van der Waals surface area contributed by atoms with Crippen molar-refractivity contribution in [3.8, 4) is 0 Å². The van der Waals surface area contributed by atoms with Crippen LogP contribution in [-0.2, 0) is 0 Å². The fourth-order valence-electron chi connectivity index (χ4n) is 1.07. The number of benzene rings is 1. The summed E-state index contributed by atoms with van der Waals surface area (Å²) in [7, 11) is 0. The Morgan fingerprint density at radius 2 is 1.80 bits per heavy atom. The molecule has 0 aliphatic rings. The summed E-state index contributed by atoms with van der Waals surface area (Å²) in [6.07, 6.45) is -5.67. The van der Waals surface area contributed by atoms with Crippen molar-refractivity contribution in [3.05, 3.63) is 35.4 Å². The zero-order valence-corrected chi connectivity index (χ0v) is 8.87. The first-order chi connectivity index (χ1) is 6.79. The molecule has 0 heterocycles. The van der Waals surface area contributed by atoms with Crippen LogP contribution in [0.1, 0.15) is 16.8 Å². The van der Waals surface area contributed by atoms with Crippen molar-refractivity contribution < 1.29 is 22.0 Å². The van der Waals surface area contributed by atoms with Crippen LogP contribution < -0.4 is 0 Å². The third-order valence-electron chi connectivity index (χ3n) is 1.71. The summed E-state index contributed by atoms with van der Waals surface area (Å²) < 4.78 is 61.6. The molecule has 0 saturated heterocycles. The van der Waals surface area contributed by atoms with Gasteiger partial charge in [0, 0.05) is 5.56 Å². The first kappa shape index (κ1) is 12.4. The Kier molecular flexibility index (Phi) is 3.70. The summed E-state index contributed by atoms with van der Waals surface area (Å²) >= 11 is 2.68. The third-order valence-corrected chi connectivity index (χ3v) is 2.52. The molecule has 0 aliphatic heterocycles. The average molecular weight is 289 g/mol. The lowest BCUT2D eigenvalue weighted by Gasteiger charge is -2.13. The molecule has 15 heavy (non-hydrogen) atoms. The van der Waals surface area contributed by atoms with Gasteiger partial charge in [-0.15, -0.1) is 0 Å². The molecule has 0 nitrogen and oxygen atoms in total. The normalized spacial score (nSPS) is 14.0. The lowest BCUT2D eigenvalue weighted by atomic mass is 10.1. The Labute approximate surface area is 91.2 Å². The zero-order valence-electron chi connectivity index (χ0n) is 7.28. The van der Waals surface area contributed by atoms with Crippen LogP contribution in [-0.4, -0.2) is 6.18 Å². The van der Waals surface area contributed by atoms with Gasteiger partial charge in [-0.2, -0.15) is 13.2 Å². The van der Waals surface area contributed by atoms with Gasteiger partial charge in [0.2, 0.25) is 0 Å². The number of hydrogen-bond acceptors (Lipinski definition) is 0. The Bertz CT molecular complexity index is 347. The van der Waals surface area contributed by atoms with Gasteiger partial charge in [0.25, 0.3) is 0 Å². The van der Waals surface area contributed by atoms with E-state index in [1.807, 2.05) is 0 Å². The Hall–Kier alpha value is -0.650. The third kappa shape index (κ3) is 3.77. The van der Waals surface area contributed by atoms with E-state index < -0.39 is 29.1 Å². The average Bonchev–Trinajstić information content (AvgIpc) is 2.06. The van der Waals surface area contributed by atoms with E-state index in [1.165, 1.54) is 0 Å². The van der Waals surface area contributed by atoms with Crippen LogP contribution in [0.3, 0.4) is 0 Å². The van der Waals surface area contributed by atoms with Gasteiger partial charge in [-0.25, -0.2) is 8.78 Å². The highest BCUT2D eigenvalue weighted by Crippen LogP contribution is 2.36. The topological polar surface area (TPSA) is 0 Å². The molecule has 0 aromatic heterocycles. The summed E-state index contributed by atoms with van der Waals surface area (Å²) in [6.45, 7) is 0. The van der Waals surface area contributed by atoms with E-state index in [4.69, 9.17) is 0 Å². The van der Waals surface area contributed by atoms with Crippen molar-refractivity contribution >= 4 is 15.9 Å². The highest BCUT2D eigenvalue weighted by Gasteiger charge is 2.32. The van der Waals surface area contributed by atoms with Crippen LogP contribution in [0, 0.1) is 11.6 Å². The minimum Gasteiger partial charge on any atom is -0.207 e. The second-order valence-electron chi connectivity index (χ2n) is 2.95. The molecule has 0 saturated carbocycles. The van der Waals surface area contributed by atoms with Gasteiger partial charge in [-0.05, 0) is 18.2 Å². The predicted octanol–water partition coefficient (Wildman–Crippen LogP) is 4.35. The quantitative estimate of drug-likeness (QED) is 0.560. The van der Waals surface area contributed by atoms with Crippen LogP contribution in [0.25, 0.3) is 0 Å². The molecule has 0 radical (unpaired) electrons. The smallest absolute Gasteiger partial charge is 0.207 e. The molecule has 0 aliphatic carbocycles. The minimum absolute atomic E-state index is 0.327. The van der Waals surface area contributed by atoms with Gasteiger partial charge < -0.3 is 0 Å². The molecule has 0 spiro atoms. The van der Waals surface area contributed by atoms with Gasteiger partial charge >= 0.3 is 6.18 Å². The van der Waals surface area contributed by atoms with E-state index in [0.717, 1.165) is 18.2 Å². The molecule has 1 rings (SSSR count). The number of halogens is 6. The van der Waals surface area contributed by atoms with Crippen LogP contribution >= 0.6 is 15.9 Å². The van der Waals surface area contributed by atoms with Crippen LogP contribution in [0.4, 0.5) is 22.0 Å². The summed E-state index contributed by atoms with van der Waals surface area (Å²) in [6, 6.07) is 2.40. The molecule has 0 bridgehead atoms. The maximum absolute atomic E-state index is 13.0. The second kappa shape index (κ2) is 4.47. The SMILES string of the molecule is Fc1ccc(F)c(C(Br)CC(F)(F)F)c1. The fraction of sp³-hybridized carbons (Fsp3) is 0.333. The first-order valence-electron chi connectivity index (χ1n) is 3.95. The van der Waals surface area contributed by atoms with E-state index in [2.05, 4.69) is 15.9 Å². The molecule has 1 unspecified atom stereocenters. The van der Waals surface area contributed by atoms with E-state index >= 15 is 0 Å². The highest BCUT2D eigenvalue weighted by molar-refractivity contribution is 9.09. The molecule has 1 atom stereocenters. The molecular formula is C9H6BrF5. The summed E-state index contributed by atoms with van der Waals surface area (Å²) in [5.41, 5.74) is -0.327. The Morgan fingerprint density at radius 1 is 1.20 bits per heavy atom. The monoisotopic (exact) mass is 288 g/mol. The molecule has 1 aromatic rings. The predicted molar refractivity (Wildman–Crippen MR) is 48.7 cm³/mol. The molecule has 0 amide bonds. The first-order valence-corrected chi connectivity index (χ1v) is 4.87. The molecule has 84 valence electrons. The van der Waals surface area contributed by atoms with Crippen molar-refractivity contribution in [1.82, 2.24) is 0 Å². The lowest BCUT2D eigenvalue weighted by Crippen LogP contribution is -2.11. The lowest BCUT2D eigenvalue weighted by molar-refractivity contribution is -0.134. The maximum atomic E-state index is 13.0. The molecule has 6 heteroatoms. The Morgan fingerprint density at radius 3 is 2.33 bits per heavy atom. The van der Waals surface area contributed by atoms with E-state index in [-0.39, 0.29) is 5.56 Å². The summed E-state index contributed by atoms with van der Waals surface area (Å²) in [5, 5.41) is 0. The zero-order chi connectivity index (χ0) is 11.6. The molecule has 1 aromatic carbocycles. The molecular weight excluding hydrogens is 283 g/mol. The van der Waals surface area contributed by atoms with Crippen LogP contribution in [0.2, 0.25) is 0 Å². The molecule has 0 N–H and O–H groups in total. The number of alkyl halides is 4. The minimum atomic E-state index is -4.42. The Balaban J connectivity index is 2.90.